The summed E-state index contributed by atoms with van der Waals surface area (Å²) in [5, 5.41) is 9.07. The average molecular weight is 371 g/mol. The number of carbonyl (C=O) groups excluding carboxylic acids is 1. The Morgan fingerprint density at radius 2 is 1.96 bits per heavy atom. The Morgan fingerprint density at radius 1 is 1.24 bits per heavy atom. The number of thioether (sulfide) groups is 1. The largest absolute Gasteiger partial charge is 0.497 e. The molecule has 3 rings (SSSR count). The van der Waals surface area contributed by atoms with Crippen molar-refractivity contribution in [3.05, 3.63) is 64.6 Å². The van der Waals surface area contributed by atoms with Crippen LogP contribution in [0.2, 0.25) is 0 Å². The Hall–Kier alpha value is -2.64. The van der Waals surface area contributed by atoms with Gasteiger partial charge < -0.3 is 9.84 Å². The Morgan fingerprint density at radius 3 is 2.60 bits per heavy atom. The minimum atomic E-state index is -1.01. The van der Waals surface area contributed by atoms with Gasteiger partial charge in [0.1, 0.15) is 5.75 Å². The van der Waals surface area contributed by atoms with Crippen LogP contribution in [0.4, 0.5) is 5.69 Å². The summed E-state index contributed by atoms with van der Waals surface area (Å²) >= 11 is 6.51. The zero-order chi connectivity index (χ0) is 18.0. The summed E-state index contributed by atoms with van der Waals surface area (Å²) < 4.78 is 5.54. The van der Waals surface area contributed by atoms with Gasteiger partial charge in [0.25, 0.3) is 5.91 Å². The Labute approximate surface area is 153 Å². The predicted octanol–water partition coefficient (Wildman–Crippen LogP) is 3.80. The fourth-order valence-corrected chi connectivity index (χ4v) is 3.63. The summed E-state index contributed by atoms with van der Waals surface area (Å²) in [7, 11) is 1.57. The molecule has 2 aromatic rings. The molecule has 1 N–H and O–H groups in total. The van der Waals surface area contributed by atoms with E-state index in [1.807, 2.05) is 0 Å². The third-order valence-corrected chi connectivity index (χ3v) is 4.86. The third kappa shape index (κ3) is 3.57. The number of anilines is 1. The highest BCUT2D eigenvalue weighted by molar-refractivity contribution is 8.27. The molecule has 0 aromatic heterocycles. The lowest BCUT2D eigenvalue weighted by atomic mass is 10.1. The second-order valence-electron chi connectivity index (χ2n) is 5.15. The van der Waals surface area contributed by atoms with E-state index in [4.69, 9.17) is 22.1 Å². The van der Waals surface area contributed by atoms with Crippen molar-refractivity contribution >= 4 is 51.9 Å². The minimum absolute atomic E-state index is 0.166. The summed E-state index contributed by atoms with van der Waals surface area (Å²) in [4.78, 5) is 25.7. The van der Waals surface area contributed by atoms with Gasteiger partial charge in [-0.2, -0.15) is 0 Å². The van der Waals surface area contributed by atoms with E-state index < -0.39 is 5.97 Å². The van der Waals surface area contributed by atoms with Gasteiger partial charge in [-0.15, -0.1) is 0 Å². The van der Waals surface area contributed by atoms with E-state index in [1.54, 1.807) is 49.6 Å². The molecule has 1 fully saturated rings. The molecule has 1 aliphatic rings. The normalized spacial score (nSPS) is 15.7. The molecule has 0 saturated carbocycles. The number of aromatic carboxylic acids is 1. The molecule has 126 valence electrons. The van der Waals surface area contributed by atoms with Gasteiger partial charge in [-0.3, -0.25) is 9.69 Å². The quantitative estimate of drug-likeness (QED) is 0.651. The van der Waals surface area contributed by atoms with Gasteiger partial charge in [-0.05, 0) is 48.0 Å². The van der Waals surface area contributed by atoms with Crippen LogP contribution in [0.3, 0.4) is 0 Å². The highest BCUT2D eigenvalue weighted by Crippen LogP contribution is 2.36. The zero-order valence-corrected chi connectivity index (χ0v) is 14.8. The van der Waals surface area contributed by atoms with Gasteiger partial charge in [-0.25, -0.2) is 4.79 Å². The highest BCUT2D eigenvalue weighted by Gasteiger charge is 2.33. The second-order valence-corrected chi connectivity index (χ2v) is 6.82. The molecule has 5 nitrogen and oxygen atoms in total. The molecular weight excluding hydrogens is 358 g/mol. The van der Waals surface area contributed by atoms with Gasteiger partial charge in [0.15, 0.2) is 4.32 Å². The fraction of sp³-hybridized carbons (Fsp3) is 0.0556. The molecule has 0 aliphatic carbocycles. The topological polar surface area (TPSA) is 66.8 Å². The van der Waals surface area contributed by atoms with Gasteiger partial charge in [-0.1, -0.05) is 36.1 Å². The maximum Gasteiger partial charge on any atom is 0.335 e. The average Bonchev–Trinajstić information content (AvgIpc) is 2.89. The number of carbonyl (C=O) groups is 2. The van der Waals surface area contributed by atoms with Crippen molar-refractivity contribution in [3.8, 4) is 5.75 Å². The third-order valence-electron chi connectivity index (χ3n) is 3.56. The molecule has 25 heavy (non-hydrogen) atoms. The first-order valence-electron chi connectivity index (χ1n) is 7.25. The number of carboxylic acid groups (broad SMARTS) is 1. The highest BCUT2D eigenvalue weighted by atomic mass is 32.2. The van der Waals surface area contributed by atoms with Crippen LogP contribution in [0.1, 0.15) is 15.9 Å². The molecule has 0 radical (unpaired) electrons. The Balaban J connectivity index is 1.90. The molecule has 1 amide bonds. The maximum atomic E-state index is 12.7. The SMILES string of the molecule is COc1ccc(N2C(=O)/C(=C\c3cccc(C(=O)O)c3)SC2=S)cc1. The summed E-state index contributed by atoms with van der Waals surface area (Å²) in [5.74, 6) is -0.558. The summed E-state index contributed by atoms with van der Waals surface area (Å²) in [6.07, 6.45) is 1.65. The smallest absolute Gasteiger partial charge is 0.335 e. The molecule has 1 heterocycles. The molecule has 0 unspecified atom stereocenters. The molecule has 1 saturated heterocycles. The number of carboxylic acids is 1. The fourth-order valence-electron chi connectivity index (χ4n) is 2.33. The van der Waals surface area contributed by atoms with E-state index in [9.17, 15) is 9.59 Å². The van der Waals surface area contributed by atoms with Crippen molar-refractivity contribution in [2.45, 2.75) is 0 Å². The van der Waals surface area contributed by atoms with Gasteiger partial charge in [0.05, 0.1) is 23.3 Å². The first kappa shape index (κ1) is 17.2. The molecule has 0 atom stereocenters. The van der Waals surface area contributed by atoms with Crippen LogP contribution >= 0.6 is 24.0 Å². The molecule has 0 bridgehead atoms. The lowest BCUT2D eigenvalue weighted by Crippen LogP contribution is -2.27. The van der Waals surface area contributed by atoms with Crippen LogP contribution in [-0.2, 0) is 4.79 Å². The van der Waals surface area contributed by atoms with Crippen LogP contribution in [0.5, 0.6) is 5.75 Å². The van der Waals surface area contributed by atoms with Crippen molar-refractivity contribution in [1.82, 2.24) is 0 Å². The lowest BCUT2D eigenvalue weighted by molar-refractivity contribution is -0.113. The number of methoxy groups -OCH3 is 1. The van der Waals surface area contributed by atoms with E-state index in [2.05, 4.69) is 0 Å². The first-order chi connectivity index (χ1) is 12.0. The van der Waals surface area contributed by atoms with E-state index in [0.29, 0.717) is 26.2 Å². The van der Waals surface area contributed by atoms with Crippen LogP contribution in [0.15, 0.2) is 53.4 Å². The zero-order valence-electron chi connectivity index (χ0n) is 13.1. The number of ether oxygens (including phenoxy) is 1. The predicted molar refractivity (Wildman–Crippen MR) is 102 cm³/mol. The lowest BCUT2D eigenvalue weighted by Gasteiger charge is -2.14. The number of nitrogens with zero attached hydrogens (tertiary/aromatic N) is 1. The van der Waals surface area contributed by atoms with E-state index >= 15 is 0 Å². The van der Waals surface area contributed by atoms with Crippen molar-refractivity contribution < 1.29 is 19.4 Å². The summed E-state index contributed by atoms with van der Waals surface area (Å²) in [6.45, 7) is 0. The van der Waals surface area contributed by atoms with Crippen LogP contribution in [0, 0.1) is 0 Å². The number of amides is 1. The van der Waals surface area contributed by atoms with Crippen molar-refractivity contribution in [1.29, 1.82) is 0 Å². The number of thiocarbonyl (C=S) groups is 1. The van der Waals surface area contributed by atoms with Crippen LogP contribution in [0.25, 0.3) is 6.08 Å². The number of rotatable bonds is 4. The van der Waals surface area contributed by atoms with Crippen LogP contribution in [-0.4, -0.2) is 28.4 Å². The Bertz CT molecular complexity index is 890. The minimum Gasteiger partial charge on any atom is -0.497 e. The number of hydrogen-bond acceptors (Lipinski definition) is 5. The number of hydrogen-bond donors (Lipinski definition) is 1. The Kier molecular flexibility index (Phi) is 4.87. The molecule has 1 aliphatic heterocycles. The van der Waals surface area contributed by atoms with E-state index in [0.717, 1.165) is 0 Å². The maximum absolute atomic E-state index is 12.7. The van der Waals surface area contributed by atoms with Crippen molar-refractivity contribution in [2.24, 2.45) is 0 Å². The van der Waals surface area contributed by atoms with E-state index in [-0.39, 0.29) is 11.5 Å². The van der Waals surface area contributed by atoms with Gasteiger partial charge in [0, 0.05) is 0 Å². The van der Waals surface area contributed by atoms with Crippen molar-refractivity contribution in [2.75, 3.05) is 12.0 Å². The van der Waals surface area contributed by atoms with Crippen molar-refractivity contribution in [3.63, 3.8) is 0 Å². The van der Waals surface area contributed by atoms with Gasteiger partial charge in [0.2, 0.25) is 0 Å². The standard InChI is InChI=1S/C18H13NO4S2/c1-23-14-7-5-13(6-8-14)19-16(20)15(25-18(19)24)10-11-3-2-4-12(9-11)17(21)22/h2-10H,1H3,(H,21,22)/b15-10+. The van der Waals surface area contributed by atoms with Gasteiger partial charge >= 0.3 is 5.97 Å². The van der Waals surface area contributed by atoms with E-state index in [1.165, 1.54) is 28.8 Å². The number of benzene rings is 2. The van der Waals surface area contributed by atoms with Crippen LogP contribution < -0.4 is 9.64 Å². The second kappa shape index (κ2) is 7.08. The first-order valence-corrected chi connectivity index (χ1v) is 8.47. The monoisotopic (exact) mass is 371 g/mol. The molecule has 7 heteroatoms. The molecule has 0 spiro atoms. The summed E-state index contributed by atoms with van der Waals surface area (Å²) in [6, 6.07) is 13.4. The summed E-state index contributed by atoms with van der Waals surface area (Å²) in [5.41, 5.74) is 1.46. The molecular formula is C18H13NO4S2. The molecule has 2 aromatic carbocycles.